The fourth-order valence-corrected chi connectivity index (χ4v) is 2.98. The second-order valence-electron chi connectivity index (χ2n) is 5.22. The molecule has 2 aliphatic rings. The van der Waals surface area contributed by atoms with E-state index >= 15 is 0 Å². The Balaban J connectivity index is 1.58. The van der Waals surface area contributed by atoms with Gasteiger partial charge in [0.25, 0.3) is 0 Å². The van der Waals surface area contributed by atoms with Crippen molar-refractivity contribution in [1.29, 1.82) is 0 Å². The normalized spacial score (nSPS) is 32.1. The number of nitrogens with zero attached hydrogens (tertiary/aromatic N) is 1. The second kappa shape index (κ2) is 6.58. The zero-order valence-electron chi connectivity index (χ0n) is 10.6. The summed E-state index contributed by atoms with van der Waals surface area (Å²) in [7, 11) is 1.84. The third-order valence-corrected chi connectivity index (χ3v) is 4.02. The summed E-state index contributed by atoms with van der Waals surface area (Å²) >= 11 is 0. The molecule has 0 aromatic rings. The Morgan fingerprint density at radius 3 is 2.75 bits per heavy atom. The van der Waals surface area contributed by atoms with E-state index < -0.39 is 0 Å². The van der Waals surface area contributed by atoms with Crippen LogP contribution in [-0.4, -0.2) is 50.3 Å². The molecule has 1 aliphatic carbocycles. The van der Waals surface area contributed by atoms with Crippen molar-refractivity contribution in [3.63, 3.8) is 0 Å². The van der Waals surface area contributed by atoms with Gasteiger partial charge in [-0.3, -0.25) is 0 Å². The number of hydrogen-bond acceptors (Lipinski definition) is 3. The highest BCUT2D eigenvalue weighted by Gasteiger charge is 2.21. The van der Waals surface area contributed by atoms with E-state index in [9.17, 15) is 0 Å². The molecule has 94 valence electrons. The lowest BCUT2D eigenvalue weighted by Gasteiger charge is -2.29. The molecule has 3 nitrogen and oxygen atoms in total. The fourth-order valence-electron chi connectivity index (χ4n) is 2.98. The largest absolute Gasteiger partial charge is 0.381 e. The third-order valence-electron chi connectivity index (χ3n) is 4.02. The molecule has 0 aromatic carbocycles. The van der Waals surface area contributed by atoms with Gasteiger partial charge in [-0.25, -0.2) is 0 Å². The maximum Gasteiger partial charge on any atom is 0.0586 e. The maximum absolute atomic E-state index is 5.45. The molecule has 3 heteroatoms. The first-order valence-electron chi connectivity index (χ1n) is 6.87. The predicted molar refractivity (Wildman–Crippen MR) is 66.7 cm³/mol. The molecule has 1 N–H and O–H groups in total. The maximum atomic E-state index is 5.45. The van der Waals surface area contributed by atoms with Crippen molar-refractivity contribution in [2.75, 3.05) is 33.3 Å². The van der Waals surface area contributed by atoms with Crippen molar-refractivity contribution < 1.29 is 4.74 Å². The smallest absolute Gasteiger partial charge is 0.0586 e. The molecule has 0 amide bonds. The number of ether oxygens (including phenoxy) is 1. The molecular formula is C13H26N2O. The molecule has 16 heavy (non-hydrogen) atoms. The van der Waals surface area contributed by atoms with Crippen LogP contribution in [0.5, 0.6) is 0 Å². The van der Waals surface area contributed by atoms with Gasteiger partial charge in [0.2, 0.25) is 0 Å². The van der Waals surface area contributed by atoms with Crippen molar-refractivity contribution >= 4 is 0 Å². The molecule has 0 bridgehead atoms. The lowest BCUT2D eigenvalue weighted by molar-refractivity contribution is 0.0586. The van der Waals surface area contributed by atoms with Crippen LogP contribution in [0.15, 0.2) is 0 Å². The summed E-state index contributed by atoms with van der Waals surface area (Å²) in [6.45, 7) is 5.01. The third kappa shape index (κ3) is 3.72. The average Bonchev–Trinajstić information content (AvgIpc) is 2.82. The molecule has 2 fully saturated rings. The zero-order chi connectivity index (χ0) is 11.2. The van der Waals surface area contributed by atoms with Crippen molar-refractivity contribution in [3.05, 3.63) is 0 Å². The number of hydrogen-bond donors (Lipinski definition) is 1. The Kier molecular flexibility index (Phi) is 5.07. The number of methoxy groups -OCH3 is 1. The van der Waals surface area contributed by atoms with Gasteiger partial charge in [-0.15, -0.1) is 0 Å². The van der Waals surface area contributed by atoms with E-state index in [-0.39, 0.29) is 0 Å². The van der Waals surface area contributed by atoms with Gasteiger partial charge in [0.15, 0.2) is 0 Å². The van der Waals surface area contributed by atoms with E-state index in [0.717, 1.165) is 6.54 Å². The monoisotopic (exact) mass is 226 g/mol. The summed E-state index contributed by atoms with van der Waals surface area (Å²) in [4.78, 5) is 2.57. The Morgan fingerprint density at radius 2 is 2.00 bits per heavy atom. The van der Waals surface area contributed by atoms with Gasteiger partial charge in [-0.2, -0.15) is 0 Å². The van der Waals surface area contributed by atoms with Crippen molar-refractivity contribution in [3.8, 4) is 0 Å². The first-order valence-corrected chi connectivity index (χ1v) is 6.87. The highest BCUT2D eigenvalue weighted by molar-refractivity contribution is 4.79. The van der Waals surface area contributed by atoms with E-state index in [1.54, 1.807) is 0 Å². The summed E-state index contributed by atoms with van der Waals surface area (Å²) < 4.78 is 5.45. The first kappa shape index (κ1) is 12.3. The lowest BCUT2D eigenvalue weighted by Crippen LogP contribution is -2.40. The van der Waals surface area contributed by atoms with E-state index in [1.807, 2.05) is 7.11 Å². The van der Waals surface area contributed by atoms with Crippen LogP contribution in [-0.2, 0) is 4.74 Å². The van der Waals surface area contributed by atoms with Gasteiger partial charge >= 0.3 is 0 Å². The van der Waals surface area contributed by atoms with Crippen LogP contribution in [0.3, 0.4) is 0 Å². The Labute approximate surface area is 99.5 Å². The minimum Gasteiger partial charge on any atom is -0.381 e. The first-order chi connectivity index (χ1) is 7.88. The molecule has 0 radical (unpaired) electrons. The highest BCUT2D eigenvalue weighted by Crippen LogP contribution is 2.20. The average molecular weight is 226 g/mol. The molecule has 2 atom stereocenters. The van der Waals surface area contributed by atoms with E-state index in [2.05, 4.69) is 10.2 Å². The van der Waals surface area contributed by atoms with Gasteiger partial charge in [0.1, 0.15) is 0 Å². The molecule has 0 spiro atoms. The van der Waals surface area contributed by atoms with Crippen LogP contribution in [0, 0.1) is 0 Å². The zero-order valence-corrected chi connectivity index (χ0v) is 10.6. The van der Waals surface area contributed by atoms with Crippen LogP contribution < -0.4 is 5.32 Å². The topological polar surface area (TPSA) is 24.5 Å². The highest BCUT2D eigenvalue weighted by atomic mass is 16.5. The molecule has 2 unspecified atom stereocenters. The Bertz CT molecular complexity index is 192. The molecule has 1 saturated carbocycles. The van der Waals surface area contributed by atoms with Crippen molar-refractivity contribution in [2.24, 2.45) is 0 Å². The van der Waals surface area contributed by atoms with E-state index in [4.69, 9.17) is 4.74 Å². The molecule has 1 heterocycles. The van der Waals surface area contributed by atoms with Gasteiger partial charge in [-0.05, 0) is 51.6 Å². The SMILES string of the molecule is COC1CCCC(NCCN2CCCC2)C1. The lowest BCUT2D eigenvalue weighted by atomic mass is 9.93. The standard InChI is InChI=1S/C13H26N2O/c1-16-13-6-4-5-12(11-13)14-7-10-15-8-2-3-9-15/h12-14H,2-11H2,1H3. The van der Waals surface area contributed by atoms with Gasteiger partial charge in [0, 0.05) is 26.2 Å². The van der Waals surface area contributed by atoms with Crippen LogP contribution in [0.4, 0.5) is 0 Å². The van der Waals surface area contributed by atoms with Crippen LogP contribution in [0.2, 0.25) is 0 Å². The second-order valence-corrected chi connectivity index (χ2v) is 5.22. The summed E-state index contributed by atoms with van der Waals surface area (Å²) in [5.74, 6) is 0. The van der Waals surface area contributed by atoms with Crippen molar-refractivity contribution in [2.45, 2.75) is 50.7 Å². The summed E-state index contributed by atoms with van der Waals surface area (Å²) in [6, 6.07) is 0.696. The van der Waals surface area contributed by atoms with Crippen LogP contribution >= 0.6 is 0 Å². The van der Waals surface area contributed by atoms with E-state index in [1.165, 1.54) is 58.2 Å². The number of rotatable bonds is 5. The van der Waals surface area contributed by atoms with Crippen molar-refractivity contribution in [1.82, 2.24) is 10.2 Å². The molecule has 1 saturated heterocycles. The summed E-state index contributed by atoms with van der Waals surface area (Å²) in [5, 5.41) is 3.69. The molecule has 2 rings (SSSR count). The molecule has 0 aromatic heterocycles. The minimum atomic E-state index is 0.498. The quantitative estimate of drug-likeness (QED) is 0.771. The van der Waals surface area contributed by atoms with Gasteiger partial charge < -0.3 is 15.0 Å². The Morgan fingerprint density at radius 1 is 1.19 bits per heavy atom. The van der Waals surface area contributed by atoms with Crippen LogP contribution in [0.1, 0.15) is 38.5 Å². The predicted octanol–water partition coefficient (Wildman–Crippen LogP) is 1.63. The van der Waals surface area contributed by atoms with Gasteiger partial charge in [0.05, 0.1) is 6.10 Å². The Hall–Kier alpha value is -0.120. The molecular weight excluding hydrogens is 200 g/mol. The summed E-state index contributed by atoms with van der Waals surface area (Å²) in [5.41, 5.74) is 0. The number of likely N-dealkylation sites (tertiary alicyclic amines) is 1. The fraction of sp³-hybridized carbons (Fsp3) is 1.00. The molecule has 1 aliphatic heterocycles. The van der Waals surface area contributed by atoms with Crippen LogP contribution in [0.25, 0.3) is 0 Å². The van der Waals surface area contributed by atoms with Gasteiger partial charge in [-0.1, -0.05) is 0 Å². The summed E-state index contributed by atoms with van der Waals surface area (Å²) in [6.07, 6.45) is 8.40. The minimum absolute atomic E-state index is 0.498. The number of nitrogens with one attached hydrogen (secondary N) is 1. The van der Waals surface area contributed by atoms with E-state index in [0.29, 0.717) is 12.1 Å².